The molecule has 25 heavy (non-hydrogen) atoms. The minimum atomic E-state index is -4.18. The van der Waals surface area contributed by atoms with Crippen LogP contribution < -0.4 is 4.74 Å². The maximum absolute atomic E-state index is 13.0. The Morgan fingerprint density at radius 1 is 1.20 bits per heavy atom. The van der Waals surface area contributed by atoms with Gasteiger partial charge in [0.25, 0.3) is 0 Å². The molecule has 4 fully saturated rings. The molecule has 5 rings (SSSR count). The molecule has 1 heterocycles. The van der Waals surface area contributed by atoms with Gasteiger partial charge in [-0.3, -0.25) is 4.90 Å². The highest BCUT2D eigenvalue weighted by Crippen LogP contribution is 2.75. The molecule has 1 saturated heterocycles. The summed E-state index contributed by atoms with van der Waals surface area (Å²) in [6, 6.07) is 5.83. The molecule has 1 aromatic carbocycles. The van der Waals surface area contributed by atoms with Gasteiger partial charge in [0.2, 0.25) is 0 Å². The number of nitrogens with zero attached hydrogens (tertiary/aromatic N) is 1. The minimum Gasteiger partial charge on any atom is -0.490 e. The van der Waals surface area contributed by atoms with Crippen molar-refractivity contribution in [2.45, 2.75) is 50.9 Å². The van der Waals surface area contributed by atoms with Gasteiger partial charge in [0, 0.05) is 5.54 Å². The lowest BCUT2D eigenvalue weighted by Gasteiger charge is -2.72. The summed E-state index contributed by atoms with van der Waals surface area (Å²) in [6.07, 6.45) is -5.15. The number of carbonyl (C=O) groups excluding carboxylic acids is 1. The fourth-order valence-corrected chi connectivity index (χ4v) is 4.52. The Balaban J connectivity index is 1.35. The lowest BCUT2D eigenvalue weighted by molar-refractivity contribution is -0.355. The van der Waals surface area contributed by atoms with Crippen molar-refractivity contribution in [2.75, 3.05) is 13.2 Å². The van der Waals surface area contributed by atoms with E-state index in [0.29, 0.717) is 5.75 Å². The standard InChI is InChI=1S/C18H20F3NO3/c1-11-3-12(2)5-13(4-11)24-7-14-6-22(15(23)25-14)17-8-16(9-17,10-17)18(19,20)21/h3-5,14H,6-10H2,1-2H3. The number of rotatable bonds is 4. The Kier molecular flexibility index (Phi) is 3.34. The van der Waals surface area contributed by atoms with Crippen molar-refractivity contribution in [3.63, 3.8) is 0 Å². The lowest BCUT2D eigenvalue weighted by atomic mass is 9.38. The second kappa shape index (κ2) is 5.05. The van der Waals surface area contributed by atoms with Gasteiger partial charge in [-0.25, -0.2) is 4.79 Å². The molecular weight excluding hydrogens is 335 g/mol. The molecule has 0 radical (unpaired) electrons. The summed E-state index contributed by atoms with van der Waals surface area (Å²) < 4.78 is 49.9. The van der Waals surface area contributed by atoms with Crippen molar-refractivity contribution in [3.8, 4) is 5.75 Å². The molecule has 1 aromatic rings. The second-order valence-electron chi connectivity index (χ2n) is 7.78. The van der Waals surface area contributed by atoms with Crippen LogP contribution in [0.1, 0.15) is 30.4 Å². The predicted molar refractivity (Wildman–Crippen MR) is 83.5 cm³/mol. The Hall–Kier alpha value is -1.92. The summed E-state index contributed by atoms with van der Waals surface area (Å²) in [4.78, 5) is 13.6. The van der Waals surface area contributed by atoms with E-state index in [2.05, 4.69) is 0 Å². The number of carbonyl (C=O) groups is 1. The zero-order valence-corrected chi connectivity index (χ0v) is 14.2. The molecule has 1 unspecified atom stereocenters. The second-order valence-corrected chi connectivity index (χ2v) is 7.78. The normalized spacial score (nSPS) is 33.6. The Morgan fingerprint density at radius 3 is 2.36 bits per heavy atom. The summed E-state index contributed by atoms with van der Waals surface area (Å²) in [5.41, 5.74) is -0.0693. The van der Waals surface area contributed by atoms with Gasteiger partial charge in [-0.05, 0) is 56.4 Å². The maximum atomic E-state index is 13.0. The highest BCUT2D eigenvalue weighted by Gasteiger charge is 2.81. The van der Waals surface area contributed by atoms with Crippen LogP contribution in [0.5, 0.6) is 5.75 Å². The third-order valence-electron chi connectivity index (χ3n) is 5.68. The fourth-order valence-electron chi connectivity index (χ4n) is 4.52. The number of amides is 1. The van der Waals surface area contributed by atoms with E-state index in [0.717, 1.165) is 11.1 Å². The number of benzene rings is 1. The molecule has 0 spiro atoms. The molecule has 1 amide bonds. The first-order valence-electron chi connectivity index (χ1n) is 8.39. The van der Waals surface area contributed by atoms with Crippen molar-refractivity contribution < 1.29 is 27.4 Å². The highest BCUT2D eigenvalue weighted by molar-refractivity contribution is 5.72. The smallest absolute Gasteiger partial charge is 0.410 e. The number of ether oxygens (including phenoxy) is 2. The van der Waals surface area contributed by atoms with E-state index in [1.807, 2.05) is 32.0 Å². The van der Waals surface area contributed by atoms with Crippen LogP contribution in [0.15, 0.2) is 18.2 Å². The first kappa shape index (κ1) is 16.5. The van der Waals surface area contributed by atoms with Crippen molar-refractivity contribution in [1.82, 2.24) is 4.90 Å². The zero-order chi connectivity index (χ0) is 18.0. The molecule has 3 saturated carbocycles. The summed E-state index contributed by atoms with van der Waals surface area (Å²) in [5, 5.41) is 0. The number of halogens is 3. The van der Waals surface area contributed by atoms with Crippen molar-refractivity contribution in [2.24, 2.45) is 5.41 Å². The quantitative estimate of drug-likeness (QED) is 0.820. The largest absolute Gasteiger partial charge is 0.490 e. The lowest BCUT2D eigenvalue weighted by Crippen LogP contribution is -2.78. The summed E-state index contributed by atoms with van der Waals surface area (Å²) in [7, 11) is 0. The molecule has 1 atom stereocenters. The highest BCUT2D eigenvalue weighted by atomic mass is 19.4. The molecule has 4 aliphatic rings. The van der Waals surface area contributed by atoms with Crippen molar-refractivity contribution in [3.05, 3.63) is 29.3 Å². The number of aryl methyl sites for hydroxylation is 2. The molecule has 136 valence electrons. The molecule has 0 N–H and O–H groups in total. The molecule has 3 aliphatic carbocycles. The average molecular weight is 355 g/mol. The number of hydrogen-bond acceptors (Lipinski definition) is 3. The van der Waals surface area contributed by atoms with Gasteiger partial charge in [0.1, 0.15) is 12.4 Å². The van der Waals surface area contributed by atoms with Crippen LogP contribution in [0.4, 0.5) is 18.0 Å². The van der Waals surface area contributed by atoms with Gasteiger partial charge in [0.15, 0.2) is 6.10 Å². The summed E-state index contributed by atoms with van der Waals surface area (Å²) in [6.45, 7) is 4.43. The number of hydrogen-bond donors (Lipinski definition) is 0. The third kappa shape index (κ3) is 2.47. The molecule has 4 nitrogen and oxygen atoms in total. The minimum absolute atomic E-state index is 0.00323. The van der Waals surface area contributed by atoms with Crippen LogP contribution in [0.2, 0.25) is 0 Å². The van der Waals surface area contributed by atoms with E-state index in [-0.39, 0.29) is 32.4 Å². The molecule has 1 aliphatic heterocycles. The van der Waals surface area contributed by atoms with E-state index in [9.17, 15) is 18.0 Å². The van der Waals surface area contributed by atoms with Crippen molar-refractivity contribution >= 4 is 6.09 Å². The van der Waals surface area contributed by atoms with Gasteiger partial charge < -0.3 is 9.47 Å². The first-order chi connectivity index (χ1) is 11.6. The van der Waals surface area contributed by atoms with E-state index >= 15 is 0 Å². The zero-order valence-electron chi connectivity index (χ0n) is 14.2. The molecule has 2 bridgehead atoms. The SMILES string of the molecule is Cc1cc(C)cc(OCC2CN(C34CC(C(F)(F)F)(C3)C4)C(=O)O2)c1. The molecule has 0 aromatic heterocycles. The van der Waals surface area contributed by atoms with Gasteiger partial charge >= 0.3 is 12.3 Å². The number of cyclic esters (lactones) is 1. The van der Waals surface area contributed by atoms with Crippen LogP contribution in [0, 0.1) is 19.3 Å². The van der Waals surface area contributed by atoms with Gasteiger partial charge in [-0.2, -0.15) is 13.2 Å². The summed E-state index contributed by atoms with van der Waals surface area (Å²) >= 11 is 0. The van der Waals surface area contributed by atoms with Gasteiger partial charge in [0.05, 0.1) is 12.0 Å². The molecule has 7 heteroatoms. The Bertz CT molecular complexity index is 691. The first-order valence-corrected chi connectivity index (χ1v) is 8.39. The van der Waals surface area contributed by atoms with Crippen LogP contribution in [-0.2, 0) is 4.74 Å². The Morgan fingerprint density at radius 2 is 1.80 bits per heavy atom. The van der Waals surface area contributed by atoms with E-state index in [1.165, 1.54) is 4.90 Å². The van der Waals surface area contributed by atoms with E-state index < -0.39 is 29.3 Å². The van der Waals surface area contributed by atoms with E-state index in [4.69, 9.17) is 9.47 Å². The van der Waals surface area contributed by atoms with Crippen LogP contribution >= 0.6 is 0 Å². The average Bonchev–Trinajstić information content (AvgIpc) is 2.72. The monoisotopic (exact) mass is 355 g/mol. The van der Waals surface area contributed by atoms with E-state index in [1.54, 1.807) is 0 Å². The van der Waals surface area contributed by atoms with Crippen LogP contribution in [-0.4, -0.2) is 42.0 Å². The third-order valence-corrected chi connectivity index (χ3v) is 5.68. The topological polar surface area (TPSA) is 38.8 Å². The van der Waals surface area contributed by atoms with Crippen LogP contribution in [0.3, 0.4) is 0 Å². The molecular formula is C18H20F3NO3. The predicted octanol–water partition coefficient (Wildman–Crippen LogP) is 3.99. The number of alkyl halides is 3. The fraction of sp³-hybridized carbons (Fsp3) is 0.611. The van der Waals surface area contributed by atoms with Crippen molar-refractivity contribution in [1.29, 1.82) is 0 Å². The van der Waals surface area contributed by atoms with Gasteiger partial charge in [-0.15, -0.1) is 0 Å². The van der Waals surface area contributed by atoms with Crippen LogP contribution in [0.25, 0.3) is 0 Å². The summed E-state index contributed by atoms with van der Waals surface area (Å²) in [5.74, 6) is 0.702. The maximum Gasteiger partial charge on any atom is 0.410 e. The van der Waals surface area contributed by atoms with Gasteiger partial charge in [-0.1, -0.05) is 6.07 Å². The Labute approximate surface area is 143 Å².